The number of methoxy groups -OCH3 is 2. The topological polar surface area (TPSA) is 55.8 Å². The van der Waals surface area contributed by atoms with Gasteiger partial charge < -0.3 is 14.6 Å². The highest BCUT2D eigenvalue weighted by atomic mass is 16.5. The van der Waals surface area contributed by atoms with Gasteiger partial charge in [-0.25, -0.2) is 4.79 Å². The van der Waals surface area contributed by atoms with E-state index in [1.165, 1.54) is 7.11 Å². The normalized spacial score (nSPS) is 10.7. The SMILES string of the molecule is C=C(C)CCc1c(OC)cc(C=Cc2ccccc2)c(C(=O)O)c1OC. The van der Waals surface area contributed by atoms with E-state index in [4.69, 9.17) is 9.47 Å². The number of carboxylic acids is 1. The van der Waals surface area contributed by atoms with Crippen molar-refractivity contribution in [3.05, 3.63) is 70.8 Å². The Bertz CT molecular complexity index is 820. The lowest BCUT2D eigenvalue weighted by molar-refractivity contribution is 0.0693. The van der Waals surface area contributed by atoms with Crippen LogP contribution in [0.4, 0.5) is 0 Å². The Labute approximate surface area is 154 Å². The molecule has 0 unspecified atom stereocenters. The molecule has 0 fully saturated rings. The Balaban J connectivity index is 2.58. The Hall–Kier alpha value is -3.01. The molecule has 0 saturated carbocycles. The van der Waals surface area contributed by atoms with Gasteiger partial charge in [-0.3, -0.25) is 0 Å². The Morgan fingerprint density at radius 2 is 1.85 bits per heavy atom. The lowest BCUT2D eigenvalue weighted by Crippen LogP contribution is -2.08. The Morgan fingerprint density at radius 3 is 2.38 bits per heavy atom. The smallest absolute Gasteiger partial charge is 0.340 e. The van der Waals surface area contributed by atoms with E-state index in [1.54, 1.807) is 19.3 Å². The van der Waals surface area contributed by atoms with Gasteiger partial charge in [-0.15, -0.1) is 6.58 Å². The van der Waals surface area contributed by atoms with Gasteiger partial charge in [0.05, 0.1) is 14.2 Å². The van der Waals surface area contributed by atoms with E-state index in [0.29, 0.717) is 23.5 Å². The molecule has 0 aromatic heterocycles. The molecule has 0 radical (unpaired) electrons. The second-order valence-electron chi connectivity index (χ2n) is 6.06. The maximum Gasteiger partial charge on any atom is 0.340 e. The van der Waals surface area contributed by atoms with Gasteiger partial charge in [0.1, 0.15) is 17.1 Å². The number of rotatable bonds is 8. The highest BCUT2D eigenvalue weighted by molar-refractivity contribution is 5.97. The number of ether oxygens (including phenoxy) is 2. The Morgan fingerprint density at radius 1 is 1.15 bits per heavy atom. The van der Waals surface area contributed by atoms with Crippen molar-refractivity contribution in [3.63, 3.8) is 0 Å². The molecular formula is C22H24O4. The van der Waals surface area contributed by atoms with E-state index < -0.39 is 5.97 Å². The molecule has 0 atom stereocenters. The number of hydrogen-bond donors (Lipinski definition) is 1. The first-order valence-corrected chi connectivity index (χ1v) is 8.36. The molecule has 0 spiro atoms. The van der Waals surface area contributed by atoms with E-state index in [9.17, 15) is 9.90 Å². The molecule has 4 nitrogen and oxygen atoms in total. The summed E-state index contributed by atoms with van der Waals surface area (Å²) >= 11 is 0. The first kappa shape index (κ1) is 19.3. The van der Waals surface area contributed by atoms with E-state index in [-0.39, 0.29) is 5.56 Å². The van der Waals surface area contributed by atoms with Gasteiger partial charge in [-0.05, 0) is 37.0 Å². The van der Waals surface area contributed by atoms with E-state index in [1.807, 2.05) is 43.3 Å². The standard InChI is InChI=1S/C22H24O4/c1-15(2)10-13-18-19(25-3)14-17(20(22(23)24)21(18)26-4)12-11-16-8-6-5-7-9-16/h5-9,11-12,14H,1,10,13H2,2-4H3,(H,23,24). The minimum Gasteiger partial charge on any atom is -0.496 e. The fourth-order valence-corrected chi connectivity index (χ4v) is 2.78. The van der Waals surface area contributed by atoms with E-state index >= 15 is 0 Å². The third kappa shape index (κ3) is 4.54. The van der Waals surface area contributed by atoms with Crippen LogP contribution in [0.2, 0.25) is 0 Å². The minimum atomic E-state index is -1.03. The average Bonchev–Trinajstić information content (AvgIpc) is 2.64. The predicted molar refractivity (Wildman–Crippen MR) is 105 cm³/mol. The first-order chi connectivity index (χ1) is 12.5. The van der Waals surface area contributed by atoms with Crippen LogP contribution in [-0.2, 0) is 6.42 Å². The van der Waals surface area contributed by atoms with Crippen LogP contribution in [0.5, 0.6) is 11.5 Å². The molecule has 2 aromatic rings. The van der Waals surface area contributed by atoms with Crippen molar-refractivity contribution in [1.82, 2.24) is 0 Å². The largest absolute Gasteiger partial charge is 0.496 e. The van der Waals surface area contributed by atoms with Crippen LogP contribution >= 0.6 is 0 Å². The zero-order valence-corrected chi connectivity index (χ0v) is 15.4. The molecule has 0 saturated heterocycles. The van der Waals surface area contributed by atoms with Gasteiger partial charge >= 0.3 is 5.97 Å². The number of carboxylic acid groups (broad SMARTS) is 1. The van der Waals surface area contributed by atoms with E-state index in [2.05, 4.69) is 6.58 Å². The van der Waals surface area contributed by atoms with Crippen molar-refractivity contribution in [2.75, 3.05) is 14.2 Å². The number of carbonyl (C=O) groups is 1. The van der Waals surface area contributed by atoms with Crippen molar-refractivity contribution in [2.24, 2.45) is 0 Å². The average molecular weight is 352 g/mol. The van der Waals surface area contributed by atoms with Crippen LogP contribution in [-0.4, -0.2) is 25.3 Å². The molecule has 0 heterocycles. The summed E-state index contributed by atoms with van der Waals surface area (Å²) in [6, 6.07) is 11.4. The lowest BCUT2D eigenvalue weighted by Gasteiger charge is -2.18. The summed E-state index contributed by atoms with van der Waals surface area (Å²) in [6.45, 7) is 5.85. The molecule has 136 valence electrons. The molecular weight excluding hydrogens is 328 g/mol. The number of hydrogen-bond acceptors (Lipinski definition) is 3. The monoisotopic (exact) mass is 352 g/mol. The zero-order chi connectivity index (χ0) is 19.1. The molecule has 26 heavy (non-hydrogen) atoms. The molecule has 0 amide bonds. The summed E-state index contributed by atoms with van der Waals surface area (Å²) in [6.07, 6.45) is 4.97. The number of benzene rings is 2. The van der Waals surface area contributed by atoms with Crippen molar-refractivity contribution in [2.45, 2.75) is 19.8 Å². The van der Waals surface area contributed by atoms with Gasteiger partial charge in [-0.1, -0.05) is 48.1 Å². The maximum atomic E-state index is 11.9. The summed E-state index contributed by atoms with van der Waals surface area (Å²) in [7, 11) is 3.06. The fraction of sp³-hybridized carbons (Fsp3) is 0.227. The van der Waals surface area contributed by atoms with Crippen molar-refractivity contribution < 1.29 is 19.4 Å². The summed E-state index contributed by atoms with van der Waals surface area (Å²) in [5, 5.41) is 9.77. The quantitative estimate of drug-likeness (QED) is 0.532. The van der Waals surface area contributed by atoms with Gasteiger partial charge in [-0.2, -0.15) is 0 Å². The third-order valence-corrected chi connectivity index (χ3v) is 4.07. The summed E-state index contributed by atoms with van der Waals surface area (Å²) < 4.78 is 11.0. The van der Waals surface area contributed by atoms with Crippen LogP contribution in [0.3, 0.4) is 0 Å². The summed E-state index contributed by atoms with van der Waals surface area (Å²) in [4.78, 5) is 11.9. The summed E-state index contributed by atoms with van der Waals surface area (Å²) in [5.41, 5.74) is 3.41. The predicted octanol–water partition coefficient (Wildman–Crippen LogP) is 5.08. The van der Waals surface area contributed by atoms with Crippen LogP contribution in [0.25, 0.3) is 12.2 Å². The van der Waals surface area contributed by atoms with E-state index in [0.717, 1.165) is 23.1 Å². The van der Waals surface area contributed by atoms with Crippen molar-refractivity contribution in [3.8, 4) is 11.5 Å². The maximum absolute atomic E-state index is 11.9. The zero-order valence-electron chi connectivity index (χ0n) is 15.4. The first-order valence-electron chi connectivity index (χ1n) is 8.36. The number of allylic oxidation sites excluding steroid dienone is 1. The number of aromatic carboxylic acids is 1. The van der Waals surface area contributed by atoms with Gasteiger partial charge in [0.25, 0.3) is 0 Å². The molecule has 0 aliphatic heterocycles. The molecule has 0 aliphatic rings. The van der Waals surface area contributed by atoms with Crippen LogP contribution in [0.1, 0.15) is 40.4 Å². The lowest BCUT2D eigenvalue weighted by atomic mass is 9.96. The molecule has 2 aromatic carbocycles. The van der Waals surface area contributed by atoms with Gasteiger partial charge in [0, 0.05) is 5.56 Å². The minimum absolute atomic E-state index is 0.136. The Kier molecular flexibility index (Phi) is 6.61. The second kappa shape index (κ2) is 8.90. The highest BCUT2D eigenvalue weighted by Gasteiger charge is 2.23. The molecule has 0 aliphatic carbocycles. The highest BCUT2D eigenvalue weighted by Crippen LogP contribution is 2.37. The van der Waals surface area contributed by atoms with Crippen molar-refractivity contribution >= 4 is 18.1 Å². The molecule has 4 heteroatoms. The third-order valence-electron chi connectivity index (χ3n) is 4.07. The summed E-state index contributed by atoms with van der Waals surface area (Å²) in [5.74, 6) is -0.0830. The fourth-order valence-electron chi connectivity index (χ4n) is 2.78. The molecule has 1 N–H and O–H groups in total. The second-order valence-corrected chi connectivity index (χ2v) is 6.06. The van der Waals surface area contributed by atoms with Crippen LogP contribution in [0.15, 0.2) is 48.6 Å². The van der Waals surface area contributed by atoms with Crippen molar-refractivity contribution in [1.29, 1.82) is 0 Å². The molecule has 0 bridgehead atoms. The van der Waals surface area contributed by atoms with Crippen LogP contribution < -0.4 is 9.47 Å². The molecule has 2 rings (SSSR count). The van der Waals surface area contributed by atoms with Crippen LogP contribution in [0, 0.1) is 0 Å². The van der Waals surface area contributed by atoms with Gasteiger partial charge in [0.15, 0.2) is 0 Å². The van der Waals surface area contributed by atoms with Gasteiger partial charge in [0.2, 0.25) is 0 Å².